The van der Waals surface area contributed by atoms with Gasteiger partial charge in [0.05, 0.1) is 6.54 Å². The summed E-state index contributed by atoms with van der Waals surface area (Å²) in [5, 5.41) is 13.7. The number of thiophene rings is 1. The predicted molar refractivity (Wildman–Crippen MR) is 76.7 cm³/mol. The second-order valence-electron chi connectivity index (χ2n) is 5.17. The minimum absolute atomic E-state index is 0.139. The molecule has 1 aromatic heterocycles. The molecule has 2 rings (SSSR count). The molecule has 0 aromatic carbocycles. The molecule has 3 nitrogen and oxygen atoms in total. The summed E-state index contributed by atoms with van der Waals surface area (Å²) in [6, 6.07) is 1.92. The molecule has 2 N–H and O–H groups in total. The van der Waals surface area contributed by atoms with Crippen LogP contribution in [0.25, 0.3) is 0 Å². The number of hydrogen-bond acceptors (Lipinski definition) is 3. The monoisotopic (exact) mass is 277 g/mol. The predicted octanol–water partition coefficient (Wildman–Crippen LogP) is 2.29. The molecule has 4 heteroatoms. The lowest BCUT2D eigenvalue weighted by atomic mass is 9.88. The van der Waals surface area contributed by atoms with Crippen molar-refractivity contribution < 1.29 is 9.90 Å². The minimum Gasteiger partial charge on any atom is -0.384 e. The SMILES string of the molecule is CC1(C(=O)NCc2sccc2C#CCO)CCCC1. The minimum atomic E-state index is -0.186. The van der Waals surface area contributed by atoms with Crippen LogP contribution in [0.2, 0.25) is 0 Å². The molecule has 0 atom stereocenters. The topological polar surface area (TPSA) is 49.3 Å². The molecule has 1 aromatic rings. The van der Waals surface area contributed by atoms with E-state index < -0.39 is 0 Å². The quantitative estimate of drug-likeness (QED) is 0.833. The van der Waals surface area contributed by atoms with Crippen LogP contribution < -0.4 is 5.32 Å². The van der Waals surface area contributed by atoms with E-state index in [1.54, 1.807) is 11.3 Å². The van der Waals surface area contributed by atoms with Gasteiger partial charge in [0.15, 0.2) is 0 Å². The molecule has 0 bridgehead atoms. The fourth-order valence-electron chi connectivity index (χ4n) is 2.48. The van der Waals surface area contributed by atoms with Gasteiger partial charge in [-0.15, -0.1) is 11.3 Å². The van der Waals surface area contributed by atoms with Crippen LogP contribution in [0.1, 0.15) is 43.0 Å². The Morgan fingerprint density at radius 3 is 2.95 bits per heavy atom. The highest BCUT2D eigenvalue weighted by atomic mass is 32.1. The molecular weight excluding hydrogens is 258 g/mol. The smallest absolute Gasteiger partial charge is 0.226 e. The molecule has 0 aliphatic heterocycles. The Hall–Kier alpha value is -1.31. The Bertz CT molecular complexity index is 504. The molecule has 0 spiro atoms. The van der Waals surface area contributed by atoms with Gasteiger partial charge in [0, 0.05) is 15.9 Å². The number of rotatable bonds is 3. The summed E-state index contributed by atoms with van der Waals surface area (Å²) < 4.78 is 0. The number of nitrogens with one attached hydrogen (secondary N) is 1. The molecule has 102 valence electrons. The van der Waals surface area contributed by atoms with E-state index in [4.69, 9.17) is 5.11 Å². The van der Waals surface area contributed by atoms with Crippen molar-refractivity contribution in [2.45, 2.75) is 39.2 Å². The molecule has 1 fully saturated rings. The molecule has 0 saturated heterocycles. The third-order valence-corrected chi connectivity index (χ3v) is 4.63. The molecular formula is C15H19NO2S. The normalized spacial score (nSPS) is 16.7. The van der Waals surface area contributed by atoms with E-state index in [0.717, 1.165) is 36.1 Å². The van der Waals surface area contributed by atoms with Gasteiger partial charge in [0.25, 0.3) is 0 Å². The molecule has 1 saturated carbocycles. The third-order valence-electron chi connectivity index (χ3n) is 3.71. The number of carbonyl (C=O) groups is 1. The van der Waals surface area contributed by atoms with Crippen LogP contribution in [0, 0.1) is 17.3 Å². The van der Waals surface area contributed by atoms with Gasteiger partial charge in [-0.1, -0.05) is 31.6 Å². The summed E-state index contributed by atoms with van der Waals surface area (Å²) >= 11 is 1.58. The van der Waals surface area contributed by atoms with Crippen molar-refractivity contribution in [2.24, 2.45) is 5.41 Å². The Labute approximate surface area is 118 Å². The first kappa shape index (κ1) is 14.1. The van der Waals surface area contributed by atoms with Crippen molar-refractivity contribution in [2.75, 3.05) is 6.61 Å². The molecule has 0 unspecified atom stereocenters. The van der Waals surface area contributed by atoms with E-state index in [2.05, 4.69) is 24.1 Å². The van der Waals surface area contributed by atoms with Gasteiger partial charge in [-0.05, 0) is 24.3 Å². The molecule has 1 heterocycles. The summed E-state index contributed by atoms with van der Waals surface area (Å²) in [5.74, 6) is 5.70. The average molecular weight is 277 g/mol. The second kappa shape index (κ2) is 6.23. The maximum atomic E-state index is 12.2. The summed E-state index contributed by atoms with van der Waals surface area (Å²) in [7, 11) is 0. The van der Waals surface area contributed by atoms with Crippen molar-refractivity contribution in [3.8, 4) is 11.8 Å². The zero-order valence-corrected chi connectivity index (χ0v) is 12.0. The largest absolute Gasteiger partial charge is 0.384 e. The van der Waals surface area contributed by atoms with Crippen molar-refractivity contribution in [3.63, 3.8) is 0 Å². The van der Waals surface area contributed by atoms with Gasteiger partial charge < -0.3 is 10.4 Å². The highest BCUT2D eigenvalue weighted by Gasteiger charge is 2.35. The number of amides is 1. The van der Waals surface area contributed by atoms with Crippen LogP contribution in [0.15, 0.2) is 11.4 Å². The lowest BCUT2D eigenvalue weighted by Crippen LogP contribution is -2.36. The van der Waals surface area contributed by atoms with Crippen LogP contribution in [0.3, 0.4) is 0 Å². The Balaban J connectivity index is 1.95. The molecule has 1 aliphatic rings. The molecule has 1 amide bonds. The Morgan fingerprint density at radius 1 is 1.53 bits per heavy atom. The van der Waals surface area contributed by atoms with Crippen LogP contribution >= 0.6 is 11.3 Å². The number of aliphatic hydroxyl groups is 1. The first-order chi connectivity index (χ1) is 9.15. The summed E-state index contributed by atoms with van der Waals surface area (Å²) in [5.41, 5.74) is 0.713. The van der Waals surface area contributed by atoms with Crippen molar-refractivity contribution >= 4 is 17.2 Å². The molecule has 1 aliphatic carbocycles. The van der Waals surface area contributed by atoms with Gasteiger partial charge >= 0.3 is 0 Å². The van der Waals surface area contributed by atoms with E-state index >= 15 is 0 Å². The lowest BCUT2D eigenvalue weighted by molar-refractivity contribution is -0.130. The first-order valence-electron chi connectivity index (χ1n) is 6.60. The van der Waals surface area contributed by atoms with Crippen molar-refractivity contribution in [1.82, 2.24) is 5.32 Å². The van der Waals surface area contributed by atoms with E-state index in [0.29, 0.717) is 6.54 Å². The summed E-state index contributed by atoms with van der Waals surface area (Å²) in [6.45, 7) is 2.44. The fraction of sp³-hybridized carbons (Fsp3) is 0.533. The zero-order chi connectivity index (χ0) is 13.7. The molecule has 19 heavy (non-hydrogen) atoms. The van der Waals surface area contributed by atoms with Crippen LogP contribution in [0.5, 0.6) is 0 Å². The van der Waals surface area contributed by atoms with E-state index in [9.17, 15) is 4.79 Å². The van der Waals surface area contributed by atoms with E-state index in [-0.39, 0.29) is 17.9 Å². The average Bonchev–Trinajstić information content (AvgIpc) is 3.03. The highest BCUT2D eigenvalue weighted by Crippen LogP contribution is 2.37. The van der Waals surface area contributed by atoms with Gasteiger partial charge in [-0.25, -0.2) is 0 Å². The zero-order valence-electron chi connectivity index (χ0n) is 11.2. The van der Waals surface area contributed by atoms with Crippen LogP contribution in [0.4, 0.5) is 0 Å². The van der Waals surface area contributed by atoms with Gasteiger partial charge in [0.1, 0.15) is 6.61 Å². The fourth-order valence-corrected chi connectivity index (χ4v) is 3.25. The maximum Gasteiger partial charge on any atom is 0.226 e. The third kappa shape index (κ3) is 3.37. The van der Waals surface area contributed by atoms with Crippen molar-refractivity contribution in [1.29, 1.82) is 0 Å². The summed E-state index contributed by atoms with van der Waals surface area (Å²) in [4.78, 5) is 13.3. The standard InChI is InChI=1S/C15H19NO2S/c1-15(7-2-3-8-15)14(18)16-11-13-12(5-4-9-17)6-10-19-13/h6,10,17H,2-3,7-9,11H2,1H3,(H,16,18). The first-order valence-corrected chi connectivity index (χ1v) is 7.48. The highest BCUT2D eigenvalue weighted by molar-refractivity contribution is 7.10. The molecule has 0 radical (unpaired) electrons. The lowest BCUT2D eigenvalue weighted by Gasteiger charge is -2.22. The van der Waals surface area contributed by atoms with Crippen LogP contribution in [-0.4, -0.2) is 17.6 Å². The van der Waals surface area contributed by atoms with Gasteiger partial charge in [0.2, 0.25) is 5.91 Å². The van der Waals surface area contributed by atoms with E-state index in [1.165, 1.54) is 0 Å². The van der Waals surface area contributed by atoms with Crippen LogP contribution in [-0.2, 0) is 11.3 Å². The Kier molecular flexibility index (Phi) is 4.62. The number of aliphatic hydroxyl groups excluding tert-OH is 1. The van der Waals surface area contributed by atoms with Crippen molar-refractivity contribution in [3.05, 3.63) is 21.9 Å². The number of hydrogen-bond donors (Lipinski definition) is 2. The van der Waals surface area contributed by atoms with E-state index in [1.807, 2.05) is 11.4 Å². The Morgan fingerprint density at radius 2 is 2.26 bits per heavy atom. The second-order valence-corrected chi connectivity index (χ2v) is 6.17. The maximum absolute atomic E-state index is 12.2. The number of carbonyl (C=O) groups excluding carboxylic acids is 1. The van der Waals surface area contributed by atoms with Gasteiger partial charge in [-0.3, -0.25) is 4.79 Å². The summed E-state index contributed by atoms with van der Waals surface area (Å²) in [6.07, 6.45) is 4.27. The van der Waals surface area contributed by atoms with Gasteiger partial charge in [-0.2, -0.15) is 0 Å².